The monoisotopic (exact) mass is 274 g/mol. The molecule has 1 aromatic carbocycles. The van der Waals surface area contributed by atoms with Crippen LogP contribution in [-0.4, -0.2) is 5.91 Å². The van der Waals surface area contributed by atoms with Gasteiger partial charge in [-0.15, -0.1) is 11.3 Å². The summed E-state index contributed by atoms with van der Waals surface area (Å²) in [5, 5.41) is 4.99. The predicted molar refractivity (Wildman–Crippen MR) is 80.5 cm³/mol. The molecule has 0 fully saturated rings. The number of nitrogens with one attached hydrogen (secondary N) is 1. The Morgan fingerprint density at radius 1 is 1.37 bits per heavy atom. The Bertz CT molecular complexity index is 590. The lowest BCUT2D eigenvalue weighted by Gasteiger charge is -2.09. The number of para-hydroxylation sites is 1. The number of hydrogen-bond donors (Lipinski definition) is 2. The average molecular weight is 274 g/mol. The molecular formula is C15H18N2OS. The Labute approximate surface area is 117 Å². The van der Waals surface area contributed by atoms with Gasteiger partial charge < -0.3 is 11.1 Å². The lowest BCUT2D eigenvalue weighted by atomic mass is 10.1. The fourth-order valence-electron chi connectivity index (χ4n) is 1.97. The van der Waals surface area contributed by atoms with Crippen LogP contribution < -0.4 is 11.1 Å². The molecule has 1 aromatic heterocycles. The van der Waals surface area contributed by atoms with Crippen molar-refractivity contribution >= 4 is 22.9 Å². The predicted octanol–water partition coefficient (Wildman–Crippen LogP) is 3.13. The molecule has 0 aliphatic carbocycles. The minimum absolute atomic E-state index is 0.114. The van der Waals surface area contributed by atoms with Gasteiger partial charge in [0.1, 0.15) is 0 Å². The van der Waals surface area contributed by atoms with E-state index in [1.807, 2.05) is 19.1 Å². The highest BCUT2D eigenvalue weighted by molar-refractivity contribution is 7.10. The third kappa shape index (κ3) is 2.96. The molecule has 1 amide bonds. The number of rotatable bonds is 4. The summed E-state index contributed by atoms with van der Waals surface area (Å²) in [4.78, 5) is 13.3. The van der Waals surface area contributed by atoms with Gasteiger partial charge in [-0.3, -0.25) is 4.79 Å². The molecule has 0 aliphatic rings. The van der Waals surface area contributed by atoms with Crippen LogP contribution in [0.5, 0.6) is 0 Å². The van der Waals surface area contributed by atoms with Crippen LogP contribution in [-0.2, 0) is 13.0 Å². The van der Waals surface area contributed by atoms with Crippen molar-refractivity contribution in [2.24, 2.45) is 0 Å². The molecule has 0 spiro atoms. The fourth-order valence-corrected chi connectivity index (χ4v) is 2.89. The van der Waals surface area contributed by atoms with E-state index in [-0.39, 0.29) is 5.91 Å². The molecule has 2 rings (SSSR count). The largest absolute Gasteiger partial charge is 0.398 e. The lowest BCUT2D eigenvalue weighted by molar-refractivity contribution is 0.0952. The molecule has 1 heterocycles. The van der Waals surface area contributed by atoms with Gasteiger partial charge in [-0.05, 0) is 42.0 Å². The van der Waals surface area contributed by atoms with Gasteiger partial charge in [-0.25, -0.2) is 0 Å². The first-order valence-electron chi connectivity index (χ1n) is 6.32. The van der Waals surface area contributed by atoms with Crippen LogP contribution in [0.1, 0.15) is 33.3 Å². The van der Waals surface area contributed by atoms with Crippen molar-refractivity contribution in [2.45, 2.75) is 26.8 Å². The van der Waals surface area contributed by atoms with Gasteiger partial charge in [-0.1, -0.05) is 19.1 Å². The van der Waals surface area contributed by atoms with Crippen LogP contribution in [0.15, 0.2) is 29.6 Å². The Kier molecular flexibility index (Phi) is 4.22. The molecule has 0 unspecified atom stereocenters. The van der Waals surface area contributed by atoms with Gasteiger partial charge >= 0.3 is 0 Å². The highest BCUT2D eigenvalue weighted by atomic mass is 32.1. The Morgan fingerprint density at radius 3 is 2.89 bits per heavy atom. The van der Waals surface area contributed by atoms with Crippen molar-refractivity contribution in [3.05, 3.63) is 51.2 Å². The second kappa shape index (κ2) is 5.89. The number of benzene rings is 1. The van der Waals surface area contributed by atoms with Crippen LogP contribution >= 0.6 is 11.3 Å². The van der Waals surface area contributed by atoms with Gasteiger partial charge in [0.25, 0.3) is 5.91 Å². The highest BCUT2D eigenvalue weighted by Gasteiger charge is 2.11. The Hall–Kier alpha value is -1.81. The van der Waals surface area contributed by atoms with Crippen molar-refractivity contribution < 1.29 is 4.79 Å². The minimum Gasteiger partial charge on any atom is -0.398 e. The van der Waals surface area contributed by atoms with Crippen LogP contribution in [0.25, 0.3) is 0 Å². The average Bonchev–Trinajstić information content (AvgIpc) is 2.86. The summed E-state index contributed by atoms with van der Waals surface area (Å²) in [6.07, 6.45) is 0.987. The zero-order valence-electron chi connectivity index (χ0n) is 11.2. The van der Waals surface area contributed by atoms with Gasteiger partial charge in [0.2, 0.25) is 0 Å². The van der Waals surface area contributed by atoms with Crippen molar-refractivity contribution in [1.29, 1.82) is 0 Å². The smallest absolute Gasteiger partial charge is 0.253 e. The quantitative estimate of drug-likeness (QED) is 0.842. The maximum atomic E-state index is 12.1. The summed E-state index contributed by atoms with van der Waals surface area (Å²) < 4.78 is 0. The number of hydrogen-bond acceptors (Lipinski definition) is 3. The minimum atomic E-state index is -0.114. The van der Waals surface area contributed by atoms with Crippen LogP contribution in [0.4, 0.5) is 5.69 Å². The SMILES string of the molecule is CCc1ccsc1CNC(=O)c1cccc(C)c1N. The first kappa shape index (κ1) is 13.6. The molecule has 0 radical (unpaired) electrons. The molecule has 19 heavy (non-hydrogen) atoms. The first-order valence-corrected chi connectivity index (χ1v) is 7.20. The maximum absolute atomic E-state index is 12.1. The molecule has 3 N–H and O–H groups in total. The van der Waals surface area contributed by atoms with Crippen LogP contribution in [0, 0.1) is 6.92 Å². The lowest BCUT2D eigenvalue weighted by Crippen LogP contribution is -2.24. The second-order valence-electron chi connectivity index (χ2n) is 4.44. The molecule has 0 bridgehead atoms. The van der Waals surface area contributed by atoms with Gasteiger partial charge in [-0.2, -0.15) is 0 Å². The van der Waals surface area contributed by atoms with E-state index < -0.39 is 0 Å². The normalized spacial score (nSPS) is 10.4. The van der Waals surface area contributed by atoms with E-state index in [0.717, 1.165) is 12.0 Å². The number of amides is 1. The van der Waals surface area contributed by atoms with E-state index in [2.05, 4.69) is 23.7 Å². The van der Waals surface area contributed by atoms with Crippen molar-refractivity contribution in [2.75, 3.05) is 5.73 Å². The summed E-state index contributed by atoms with van der Waals surface area (Å²) >= 11 is 1.67. The number of nitrogens with two attached hydrogens (primary N) is 1. The van der Waals surface area contributed by atoms with E-state index in [4.69, 9.17) is 5.73 Å². The summed E-state index contributed by atoms with van der Waals surface area (Å²) in [5.74, 6) is -0.114. The summed E-state index contributed by atoms with van der Waals surface area (Å²) in [6, 6.07) is 7.61. The molecule has 2 aromatic rings. The van der Waals surface area contributed by atoms with E-state index in [1.54, 1.807) is 17.4 Å². The second-order valence-corrected chi connectivity index (χ2v) is 5.44. The number of carbonyl (C=O) groups excluding carboxylic acids is 1. The highest BCUT2D eigenvalue weighted by Crippen LogP contribution is 2.19. The van der Waals surface area contributed by atoms with Gasteiger partial charge in [0.05, 0.1) is 12.1 Å². The number of nitrogen functional groups attached to an aromatic ring is 1. The Morgan fingerprint density at radius 2 is 2.16 bits per heavy atom. The summed E-state index contributed by atoms with van der Waals surface area (Å²) in [5.41, 5.74) is 9.26. The van der Waals surface area contributed by atoms with E-state index >= 15 is 0 Å². The molecular weight excluding hydrogens is 256 g/mol. The van der Waals surface area contributed by atoms with Gasteiger partial charge in [0, 0.05) is 10.6 Å². The third-order valence-electron chi connectivity index (χ3n) is 3.20. The van der Waals surface area contributed by atoms with E-state index in [1.165, 1.54) is 10.4 Å². The zero-order valence-corrected chi connectivity index (χ0v) is 12.0. The number of anilines is 1. The topological polar surface area (TPSA) is 55.1 Å². The van der Waals surface area contributed by atoms with Crippen LogP contribution in [0.3, 0.4) is 0 Å². The summed E-state index contributed by atoms with van der Waals surface area (Å²) in [6.45, 7) is 4.58. The van der Waals surface area contributed by atoms with Crippen molar-refractivity contribution in [3.63, 3.8) is 0 Å². The molecule has 0 atom stereocenters. The maximum Gasteiger partial charge on any atom is 0.253 e. The summed E-state index contributed by atoms with van der Waals surface area (Å²) in [7, 11) is 0. The fraction of sp³-hybridized carbons (Fsp3) is 0.267. The van der Waals surface area contributed by atoms with E-state index in [0.29, 0.717) is 17.8 Å². The van der Waals surface area contributed by atoms with Gasteiger partial charge in [0.15, 0.2) is 0 Å². The van der Waals surface area contributed by atoms with Crippen LogP contribution in [0.2, 0.25) is 0 Å². The molecule has 0 saturated heterocycles. The number of aryl methyl sites for hydroxylation is 2. The van der Waals surface area contributed by atoms with E-state index in [9.17, 15) is 4.79 Å². The molecule has 4 heteroatoms. The molecule has 0 saturated carbocycles. The third-order valence-corrected chi connectivity index (χ3v) is 4.16. The van der Waals surface area contributed by atoms with Crippen molar-refractivity contribution in [3.8, 4) is 0 Å². The Balaban J connectivity index is 2.08. The molecule has 100 valence electrons. The zero-order chi connectivity index (χ0) is 13.8. The first-order chi connectivity index (χ1) is 9.13. The van der Waals surface area contributed by atoms with Crippen molar-refractivity contribution in [1.82, 2.24) is 5.32 Å². The standard InChI is InChI=1S/C15H18N2OS/c1-3-11-7-8-19-13(11)9-17-15(18)12-6-4-5-10(2)14(12)16/h4-8H,3,9,16H2,1-2H3,(H,17,18). The number of thiophene rings is 1. The molecule has 3 nitrogen and oxygen atoms in total. The number of carbonyl (C=O) groups is 1. The molecule has 0 aliphatic heterocycles.